The highest BCUT2D eigenvalue weighted by molar-refractivity contribution is 4.86. The molecule has 0 aliphatic carbocycles. The molecular formula is C10H19N3O. The summed E-state index contributed by atoms with van der Waals surface area (Å²) in [6, 6.07) is 2.25. The molecule has 1 atom stereocenters. The van der Waals surface area contributed by atoms with Crippen LogP contribution in [0.5, 0.6) is 0 Å². The average molecular weight is 197 g/mol. The van der Waals surface area contributed by atoms with Gasteiger partial charge < -0.3 is 4.74 Å². The summed E-state index contributed by atoms with van der Waals surface area (Å²) < 4.78 is 5.27. The van der Waals surface area contributed by atoms with E-state index in [9.17, 15) is 0 Å². The van der Waals surface area contributed by atoms with Crippen molar-refractivity contribution < 1.29 is 4.74 Å². The highest BCUT2D eigenvalue weighted by Gasteiger charge is 2.12. The Hall–Kier alpha value is -0.630. The molecule has 1 fully saturated rings. The fraction of sp³-hybridized carbons (Fsp3) is 0.900. The van der Waals surface area contributed by atoms with Crippen molar-refractivity contribution in [3.8, 4) is 6.07 Å². The molecule has 0 radical (unpaired) electrons. The highest BCUT2D eigenvalue weighted by atomic mass is 16.5. The first kappa shape index (κ1) is 11.4. The molecule has 0 amide bonds. The van der Waals surface area contributed by atoms with Gasteiger partial charge in [0.1, 0.15) is 0 Å². The number of nitrogens with zero attached hydrogens (tertiary/aromatic N) is 3. The summed E-state index contributed by atoms with van der Waals surface area (Å²) in [7, 11) is 1.99. The lowest BCUT2D eigenvalue weighted by molar-refractivity contribution is 0.0338. The van der Waals surface area contributed by atoms with Gasteiger partial charge in [0.25, 0.3) is 0 Å². The molecule has 1 rings (SSSR count). The fourth-order valence-electron chi connectivity index (χ4n) is 1.42. The minimum Gasteiger partial charge on any atom is -0.379 e. The molecule has 0 spiro atoms. The van der Waals surface area contributed by atoms with E-state index in [0.717, 1.165) is 39.4 Å². The maximum Gasteiger partial charge on any atom is 0.0947 e. The Labute approximate surface area is 86.0 Å². The third-order valence-corrected chi connectivity index (χ3v) is 2.72. The molecule has 0 N–H and O–H groups in total. The minimum absolute atomic E-state index is 0.0102. The zero-order chi connectivity index (χ0) is 10.4. The third kappa shape index (κ3) is 3.62. The van der Waals surface area contributed by atoms with Gasteiger partial charge in [0.15, 0.2) is 0 Å². The largest absolute Gasteiger partial charge is 0.379 e. The van der Waals surface area contributed by atoms with Gasteiger partial charge in [-0.15, -0.1) is 0 Å². The fourth-order valence-corrected chi connectivity index (χ4v) is 1.42. The first-order chi connectivity index (χ1) is 6.74. The summed E-state index contributed by atoms with van der Waals surface area (Å²) in [5, 5.41) is 8.72. The molecular weight excluding hydrogens is 178 g/mol. The van der Waals surface area contributed by atoms with Crippen molar-refractivity contribution >= 4 is 0 Å². The van der Waals surface area contributed by atoms with Crippen LogP contribution >= 0.6 is 0 Å². The van der Waals surface area contributed by atoms with E-state index < -0.39 is 0 Å². The van der Waals surface area contributed by atoms with Crippen LogP contribution in [0.15, 0.2) is 0 Å². The number of hydrogen-bond acceptors (Lipinski definition) is 4. The van der Waals surface area contributed by atoms with Gasteiger partial charge in [0, 0.05) is 26.2 Å². The zero-order valence-corrected chi connectivity index (χ0v) is 9.07. The van der Waals surface area contributed by atoms with E-state index >= 15 is 0 Å². The second-order valence-corrected chi connectivity index (χ2v) is 3.74. The van der Waals surface area contributed by atoms with Crippen LogP contribution in [0.2, 0.25) is 0 Å². The molecule has 1 aliphatic heterocycles. The minimum atomic E-state index is 0.0102. The normalized spacial score (nSPS) is 20.7. The van der Waals surface area contributed by atoms with E-state index in [1.54, 1.807) is 0 Å². The van der Waals surface area contributed by atoms with E-state index in [-0.39, 0.29) is 6.04 Å². The first-order valence-electron chi connectivity index (χ1n) is 5.14. The van der Waals surface area contributed by atoms with E-state index in [1.165, 1.54) is 0 Å². The standard InChI is InChI=1S/C10H19N3O/c1-10(9-11)12(2)3-4-13-5-7-14-8-6-13/h10H,3-8H2,1-2H3. The molecule has 0 bridgehead atoms. The van der Waals surface area contributed by atoms with Crippen LogP contribution in [-0.2, 0) is 4.74 Å². The Morgan fingerprint density at radius 1 is 1.50 bits per heavy atom. The van der Waals surface area contributed by atoms with Crippen molar-refractivity contribution in [3.63, 3.8) is 0 Å². The molecule has 1 heterocycles. The topological polar surface area (TPSA) is 39.5 Å². The summed E-state index contributed by atoms with van der Waals surface area (Å²) in [5.41, 5.74) is 0. The van der Waals surface area contributed by atoms with Gasteiger partial charge in [-0.05, 0) is 14.0 Å². The van der Waals surface area contributed by atoms with Crippen LogP contribution in [0.25, 0.3) is 0 Å². The maximum absolute atomic E-state index is 8.72. The molecule has 1 saturated heterocycles. The van der Waals surface area contributed by atoms with Crippen molar-refractivity contribution in [1.29, 1.82) is 5.26 Å². The summed E-state index contributed by atoms with van der Waals surface area (Å²) in [5.74, 6) is 0. The molecule has 0 aromatic carbocycles. The lowest BCUT2D eigenvalue weighted by atomic mass is 10.3. The van der Waals surface area contributed by atoms with Crippen LogP contribution in [0.3, 0.4) is 0 Å². The van der Waals surface area contributed by atoms with Gasteiger partial charge >= 0.3 is 0 Å². The summed E-state index contributed by atoms with van der Waals surface area (Å²) in [4.78, 5) is 4.46. The van der Waals surface area contributed by atoms with E-state index in [1.807, 2.05) is 14.0 Å². The van der Waals surface area contributed by atoms with Gasteiger partial charge in [-0.2, -0.15) is 5.26 Å². The van der Waals surface area contributed by atoms with Gasteiger partial charge in [0.05, 0.1) is 25.3 Å². The second kappa shape index (κ2) is 5.97. The van der Waals surface area contributed by atoms with Crippen molar-refractivity contribution in [2.24, 2.45) is 0 Å². The Kier molecular flexibility index (Phi) is 4.88. The first-order valence-corrected chi connectivity index (χ1v) is 5.14. The SMILES string of the molecule is CC(C#N)N(C)CCN1CCOCC1. The Morgan fingerprint density at radius 2 is 2.14 bits per heavy atom. The van der Waals surface area contributed by atoms with Crippen LogP contribution < -0.4 is 0 Å². The highest BCUT2D eigenvalue weighted by Crippen LogP contribution is 1.98. The molecule has 80 valence electrons. The van der Waals surface area contributed by atoms with E-state index in [0.29, 0.717) is 0 Å². The number of rotatable bonds is 4. The Balaban J connectivity index is 2.16. The van der Waals surface area contributed by atoms with Gasteiger partial charge in [-0.1, -0.05) is 0 Å². The molecule has 1 unspecified atom stereocenters. The number of likely N-dealkylation sites (N-methyl/N-ethyl adjacent to an activating group) is 1. The molecule has 0 aromatic heterocycles. The smallest absolute Gasteiger partial charge is 0.0947 e. The lowest BCUT2D eigenvalue weighted by Crippen LogP contribution is -2.42. The zero-order valence-electron chi connectivity index (χ0n) is 9.07. The predicted molar refractivity (Wildman–Crippen MR) is 55.0 cm³/mol. The van der Waals surface area contributed by atoms with Crippen LogP contribution in [0.4, 0.5) is 0 Å². The number of hydrogen-bond donors (Lipinski definition) is 0. The summed E-state index contributed by atoms with van der Waals surface area (Å²) >= 11 is 0. The maximum atomic E-state index is 8.72. The quantitative estimate of drug-likeness (QED) is 0.644. The Bertz CT molecular complexity index is 196. The summed E-state index contributed by atoms with van der Waals surface area (Å²) in [6.45, 7) is 7.65. The van der Waals surface area contributed by atoms with Crippen LogP contribution in [0.1, 0.15) is 6.92 Å². The van der Waals surface area contributed by atoms with Gasteiger partial charge in [-0.3, -0.25) is 9.80 Å². The van der Waals surface area contributed by atoms with Crippen LogP contribution in [0, 0.1) is 11.3 Å². The average Bonchev–Trinajstić information content (AvgIpc) is 2.26. The molecule has 4 heteroatoms. The molecule has 0 saturated carbocycles. The van der Waals surface area contributed by atoms with Crippen molar-refractivity contribution in [2.75, 3.05) is 46.4 Å². The summed E-state index contributed by atoms with van der Waals surface area (Å²) in [6.07, 6.45) is 0. The second-order valence-electron chi connectivity index (χ2n) is 3.74. The molecule has 14 heavy (non-hydrogen) atoms. The van der Waals surface area contributed by atoms with Gasteiger partial charge in [0.2, 0.25) is 0 Å². The Morgan fingerprint density at radius 3 is 2.71 bits per heavy atom. The van der Waals surface area contributed by atoms with E-state index in [4.69, 9.17) is 10.00 Å². The monoisotopic (exact) mass is 197 g/mol. The van der Waals surface area contributed by atoms with E-state index in [2.05, 4.69) is 15.9 Å². The lowest BCUT2D eigenvalue weighted by Gasteiger charge is -2.29. The molecule has 0 aromatic rings. The van der Waals surface area contributed by atoms with Crippen molar-refractivity contribution in [3.05, 3.63) is 0 Å². The van der Waals surface area contributed by atoms with Crippen molar-refractivity contribution in [2.45, 2.75) is 13.0 Å². The predicted octanol–water partition coefficient (Wildman–Crippen LogP) is 0.162. The van der Waals surface area contributed by atoms with Gasteiger partial charge in [-0.25, -0.2) is 0 Å². The number of ether oxygens (including phenoxy) is 1. The molecule has 1 aliphatic rings. The van der Waals surface area contributed by atoms with Crippen LogP contribution in [-0.4, -0.2) is 62.3 Å². The van der Waals surface area contributed by atoms with Crippen molar-refractivity contribution in [1.82, 2.24) is 9.80 Å². The number of morpholine rings is 1. The number of nitriles is 1. The third-order valence-electron chi connectivity index (χ3n) is 2.72. The molecule has 4 nitrogen and oxygen atoms in total.